The van der Waals surface area contributed by atoms with Crippen LogP contribution in [0.15, 0.2) is 120 Å². The molecule has 3 nitrogen and oxygen atoms in total. The Bertz CT molecular complexity index is 1830. The number of benzene rings is 5. The summed E-state index contributed by atoms with van der Waals surface area (Å²) in [5.41, 5.74) is 6.21. The smallest absolute Gasteiger partial charge is 0.137 e. The SMILES string of the molecule is c1ccc2cc(-c3ccc(Nc4ccc5c(c4)oc4cc6cnccc6cc45)cc3)ccc2c1. The van der Waals surface area contributed by atoms with Gasteiger partial charge in [-0.25, -0.2) is 0 Å². The van der Waals surface area contributed by atoms with Gasteiger partial charge in [0.1, 0.15) is 11.2 Å². The van der Waals surface area contributed by atoms with Crippen LogP contribution in [0.25, 0.3) is 54.6 Å². The number of furan rings is 1. The van der Waals surface area contributed by atoms with E-state index in [2.05, 4.69) is 107 Å². The zero-order valence-corrected chi connectivity index (χ0v) is 18.3. The van der Waals surface area contributed by atoms with Crippen LogP contribution in [0.1, 0.15) is 0 Å². The molecule has 2 heterocycles. The highest BCUT2D eigenvalue weighted by molar-refractivity contribution is 6.10. The maximum atomic E-state index is 6.18. The molecule has 2 aromatic heterocycles. The van der Waals surface area contributed by atoms with Crippen LogP contribution < -0.4 is 5.32 Å². The molecule has 0 aliphatic heterocycles. The average Bonchev–Trinajstić information content (AvgIpc) is 3.24. The summed E-state index contributed by atoms with van der Waals surface area (Å²) in [6.45, 7) is 0. The lowest BCUT2D eigenvalue weighted by Crippen LogP contribution is -1.89. The molecule has 0 saturated heterocycles. The van der Waals surface area contributed by atoms with E-state index in [-0.39, 0.29) is 0 Å². The molecule has 5 aromatic carbocycles. The Kier molecular flexibility index (Phi) is 4.15. The predicted octanol–water partition coefficient (Wildman–Crippen LogP) is 8.70. The van der Waals surface area contributed by atoms with Crippen LogP contribution >= 0.6 is 0 Å². The average molecular weight is 437 g/mol. The molecule has 0 bridgehead atoms. The molecule has 0 amide bonds. The van der Waals surface area contributed by atoms with Crippen LogP contribution in [-0.2, 0) is 0 Å². The molecular weight excluding hydrogens is 416 g/mol. The Balaban J connectivity index is 1.19. The van der Waals surface area contributed by atoms with E-state index in [4.69, 9.17) is 4.42 Å². The van der Waals surface area contributed by atoms with Gasteiger partial charge < -0.3 is 9.73 Å². The molecule has 0 fully saturated rings. The fraction of sp³-hybridized carbons (Fsp3) is 0. The molecule has 160 valence electrons. The van der Waals surface area contributed by atoms with Crippen LogP contribution in [0, 0.1) is 0 Å². The van der Waals surface area contributed by atoms with Gasteiger partial charge in [0.15, 0.2) is 0 Å². The van der Waals surface area contributed by atoms with Gasteiger partial charge in [-0.2, -0.15) is 0 Å². The minimum Gasteiger partial charge on any atom is -0.456 e. The molecule has 0 saturated carbocycles. The van der Waals surface area contributed by atoms with E-state index in [1.54, 1.807) is 0 Å². The monoisotopic (exact) mass is 436 g/mol. The van der Waals surface area contributed by atoms with E-state index < -0.39 is 0 Å². The van der Waals surface area contributed by atoms with Crippen molar-refractivity contribution in [3.8, 4) is 11.1 Å². The number of anilines is 2. The van der Waals surface area contributed by atoms with Gasteiger partial charge in [0.2, 0.25) is 0 Å². The number of pyridine rings is 1. The van der Waals surface area contributed by atoms with Gasteiger partial charge in [-0.3, -0.25) is 4.98 Å². The van der Waals surface area contributed by atoms with Crippen LogP contribution in [0.3, 0.4) is 0 Å². The Morgan fingerprint density at radius 2 is 1.29 bits per heavy atom. The fourth-order valence-electron chi connectivity index (χ4n) is 4.72. The standard InChI is InChI=1S/C31H20N2O/c1-2-4-22-15-23(6-5-20(22)3-1)21-7-9-26(10-8-21)33-27-11-12-28-29-16-24-13-14-32-19-25(24)17-30(29)34-31(28)18-27/h1-19,33H. The largest absolute Gasteiger partial charge is 0.456 e. The highest BCUT2D eigenvalue weighted by Crippen LogP contribution is 2.34. The van der Waals surface area contributed by atoms with E-state index in [1.807, 2.05) is 18.5 Å². The normalized spacial score (nSPS) is 11.5. The molecular formula is C31H20N2O. The predicted molar refractivity (Wildman–Crippen MR) is 142 cm³/mol. The molecule has 1 N–H and O–H groups in total. The molecule has 7 aromatic rings. The van der Waals surface area contributed by atoms with Crippen LogP contribution in [0.4, 0.5) is 11.4 Å². The second-order valence-corrected chi connectivity index (χ2v) is 8.65. The number of hydrogen-bond donors (Lipinski definition) is 1. The molecule has 0 radical (unpaired) electrons. The molecule has 3 heteroatoms. The highest BCUT2D eigenvalue weighted by Gasteiger charge is 2.09. The summed E-state index contributed by atoms with van der Waals surface area (Å²) in [5, 5.41) is 10.5. The summed E-state index contributed by atoms with van der Waals surface area (Å²) in [5.74, 6) is 0. The maximum absolute atomic E-state index is 6.18. The number of fused-ring (bicyclic) bond motifs is 5. The topological polar surface area (TPSA) is 38.1 Å². The Morgan fingerprint density at radius 1 is 0.529 bits per heavy atom. The maximum Gasteiger partial charge on any atom is 0.137 e. The second-order valence-electron chi connectivity index (χ2n) is 8.65. The quantitative estimate of drug-likeness (QED) is 0.301. The lowest BCUT2D eigenvalue weighted by Gasteiger charge is -2.09. The van der Waals surface area contributed by atoms with E-state index >= 15 is 0 Å². The Hall–Kier alpha value is -4.63. The number of nitrogens with one attached hydrogen (secondary N) is 1. The van der Waals surface area contributed by atoms with Crippen LogP contribution in [-0.4, -0.2) is 4.98 Å². The van der Waals surface area contributed by atoms with E-state index in [9.17, 15) is 0 Å². The van der Waals surface area contributed by atoms with Gasteiger partial charge in [0, 0.05) is 46.0 Å². The van der Waals surface area contributed by atoms with Crippen LogP contribution in [0.2, 0.25) is 0 Å². The summed E-state index contributed by atoms with van der Waals surface area (Å²) >= 11 is 0. The van der Waals surface area contributed by atoms with Gasteiger partial charge >= 0.3 is 0 Å². The first-order valence-corrected chi connectivity index (χ1v) is 11.4. The van der Waals surface area contributed by atoms with Crippen molar-refractivity contribution in [1.29, 1.82) is 0 Å². The number of nitrogens with zero attached hydrogens (tertiary/aromatic N) is 1. The number of rotatable bonds is 3. The zero-order chi connectivity index (χ0) is 22.5. The molecule has 0 aliphatic carbocycles. The molecule has 0 aliphatic rings. The van der Waals surface area contributed by atoms with Crippen molar-refractivity contribution in [2.45, 2.75) is 0 Å². The summed E-state index contributed by atoms with van der Waals surface area (Å²) < 4.78 is 6.18. The first-order valence-electron chi connectivity index (χ1n) is 11.4. The van der Waals surface area contributed by atoms with E-state index in [1.165, 1.54) is 27.3 Å². The van der Waals surface area contributed by atoms with Crippen molar-refractivity contribution in [3.63, 3.8) is 0 Å². The first kappa shape index (κ1) is 18.9. The molecule has 0 spiro atoms. The molecule has 0 unspecified atom stereocenters. The third kappa shape index (κ3) is 3.18. The van der Waals surface area contributed by atoms with Gasteiger partial charge in [-0.1, -0.05) is 48.5 Å². The minimum absolute atomic E-state index is 0.871. The first-order chi connectivity index (χ1) is 16.8. The minimum atomic E-state index is 0.871. The van der Waals surface area contributed by atoms with Crippen molar-refractivity contribution in [2.24, 2.45) is 0 Å². The van der Waals surface area contributed by atoms with Gasteiger partial charge in [-0.05, 0) is 75.8 Å². The van der Waals surface area contributed by atoms with Crippen molar-refractivity contribution in [1.82, 2.24) is 4.98 Å². The molecule has 0 atom stereocenters. The summed E-state index contributed by atoms with van der Waals surface area (Å²) in [7, 11) is 0. The molecule has 34 heavy (non-hydrogen) atoms. The number of hydrogen-bond acceptors (Lipinski definition) is 3. The van der Waals surface area contributed by atoms with Crippen molar-refractivity contribution in [2.75, 3.05) is 5.32 Å². The van der Waals surface area contributed by atoms with Gasteiger partial charge in [0.05, 0.1) is 0 Å². The summed E-state index contributed by atoms with van der Waals surface area (Å²) in [6.07, 6.45) is 3.69. The zero-order valence-electron chi connectivity index (χ0n) is 18.3. The lowest BCUT2D eigenvalue weighted by atomic mass is 10.0. The third-order valence-electron chi connectivity index (χ3n) is 6.49. The third-order valence-corrected chi connectivity index (χ3v) is 6.49. The fourth-order valence-corrected chi connectivity index (χ4v) is 4.72. The van der Waals surface area contributed by atoms with Gasteiger partial charge in [0.25, 0.3) is 0 Å². The summed E-state index contributed by atoms with van der Waals surface area (Å²) in [6, 6.07) is 36.2. The highest BCUT2D eigenvalue weighted by atomic mass is 16.3. The van der Waals surface area contributed by atoms with Crippen molar-refractivity contribution in [3.05, 3.63) is 116 Å². The van der Waals surface area contributed by atoms with Crippen molar-refractivity contribution < 1.29 is 4.42 Å². The Morgan fingerprint density at radius 3 is 2.21 bits per heavy atom. The second kappa shape index (κ2) is 7.46. The Labute approximate surface area is 196 Å². The molecule has 7 rings (SSSR count). The van der Waals surface area contributed by atoms with E-state index in [0.717, 1.165) is 38.7 Å². The van der Waals surface area contributed by atoms with Gasteiger partial charge in [-0.15, -0.1) is 0 Å². The van der Waals surface area contributed by atoms with Crippen LogP contribution in [0.5, 0.6) is 0 Å². The van der Waals surface area contributed by atoms with E-state index in [0.29, 0.717) is 0 Å². The van der Waals surface area contributed by atoms with Crippen molar-refractivity contribution >= 4 is 54.9 Å². The number of aromatic nitrogens is 1. The summed E-state index contributed by atoms with van der Waals surface area (Å²) in [4.78, 5) is 4.22. The lowest BCUT2D eigenvalue weighted by molar-refractivity contribution is 0.669.